The van der Waals surface area contributed by atoms with Crippen LogP contribution in [0, 0.1) is 0 Å². The maximum atomic E-state index is 11.7. The molecule has 2 aromatic rings. The van der Waals surface area contributed by atoms with E-state index < -0.39 is 5.91 Å². The molecule has 0 aliphatic carbocycles. The summed E-state index contributed by atoms with van der Waals surface area (Å²) in [7, 11) is 0. The van der Waals surface area contributed by atoms with Crippen molar-refractivity contribution in [3.63, 3.8) is 0 Å². The van der Waals surface area contributed by atoms with Crippen LogP contribution in [0.25, 0.3) is 0 Å². The van der Waals surface area contributed by atoms with E-state index in [4.69, 9.17) is 10.5 Å². The second kappa shape index (κ2) is 5.85. The number of nitrogen functional groups attached to an aromatic ring is 1. The molecule has 0 fully saturated rings. The lowest BCUT2D eigenvalue weighted by Crippen LogP contribution is -2.24. The highest BCUT2D eigenvalue weighted by Crippen LogP contribution is 2.13. The highest BCUT2D eigenvalue weighted by Gasteiger charge is 2.15. The molecule has 0 unspecified atom stereocenters. The third kappa shape index (κ3) is 3.21. The first-order valence-corrected chi connectivity index (χ1v) is 5.78. The second-order valence-electron chi connectivity index (χ2n) is 3.76. The van der Waals surface area contributed by atoms with Crippen LogP contribution >= 0.6 is 0 Å². The van der Waals surface area contributed by atoms with Crippen molar-refractivity contribution < 1.29 is 14.2 Å². The molecule has 0 spiro atoms. The predicted octanol–water partition coefficient (Wildman–Crippen LogP) is 0.980. The molecule has 1 heterocycles. The van der Waals surface area contributed by atoms with Gasteiger partial charge < -0.3 is 15.8 Å². The van der Waals surface area contributed by atoms with E-state index in [9.17, 15) is 4.79 Å². The number of carbonyl (C=O) groups excluding carboxylic acids is 1. The predicted molar refractivity (Wildman–Crippen MR) is 67.5 cm³/mol. The lowest BCUT2D eigenvalue weighted by molar-refractivity contribution is 0.0941. The Morgan fingerprint density at radius 1 is 1.47 bits per heavy atom. The quantitative estimate of drug-likeness (QED) is 0.832. The van der Waals surface area contributed by atoms with Gasteiger partial charge in [-0.3, -0.25) is 4.79 Å². The Morgan fingerprint density at radius 3 is 3.00 bits per heavy atom. The van der Waals surface area contributed by atoms with Crippen molar-refractivity contribution in [2.45, 2.75) is 13.5 Å². The van der Waals surface area contributed by atoms with Crippen molar-refractivity contribution in [3.8, 4) is 5.75 Å². The molecule has 0 saturated carbocycles. The van der Waals surface area contributed by atoms with Crippen LogP contribution in [-0.2, 0) is 6.54 Å². The van der Waals surface area contributed by atoms with Crippen LogP contribution in [0.15, 0.2) is 28.9 Å². The summed E-state index contributed by atoms with van der Waals surface area (Å²) < 4.78 is 9.74. The number of nitrogens with one attached hydrogen (secondary N) is 1. The number of nitrogens with two attached hydrogens (primary N) is 1. The highest BCUT2D eigenvalue weighted by atomic mass is 16.6. The lowest BCUT2D eigenvalue weighted by atomic mass is 10.2. The molecule has 0 radical (unpaired) electrons. The van der Waals surface area contributed by atoms with Crippen LogP contribution < -0.4 is 15.8 Å². The fourth-order valence-electron chi connectivity index (χ4n) is 1.53. The molecular weight excluding hydrogens is 248 g/mol. The van der Waals surface area contributed by atoms with Crippen LogP contribution in [0.2, 0.25) is 0 Å². The van der Waals surface area contributed by atoms with Gasteiger partial charge in [-0.2, -0.15) is 0 Å². The number of nitrogens with zero attached hydrogens (tertiary/aromatic N) is 2. The summed E-state index contributed by atoms with van der Waals surface area (Å²) in [6, 6.07) is 7.45. The van der Waals surface area contributed by atoms with Crippen molar-refractivity contribution >= 4 is 11.7 Å². The fraction of sp³-hybridized carbons (Fsp3) is 0.250. The zero-order valence-electron chi connectivity index (χ0n) is 10.4. The Kier molecular flexibility index (Phi) is 3.97. The Balaban J connectivity index is 1.97. The molecule has 19 heavy (non-hydrogen) atoms. The standard InChI is InChI=1S/C12H14N4O3/c1-2-18-9-5-3-4-8(6-9)7-14-12(17)10-11(13)16-19-15-10/h3-6H,2,7H2,1H3,(H2,13,16)(H,14,17). The van der Waals surface area contributed by atoms with Gasteiger partial charge in [-0.15, -0.1) is 0 Å². The van der Waals surface area contributed by atoms with Crippen LogP contribution in [0.3, 0.4) is 0 Å². The van der Waals surface area contributed by atoms with Gasteiger partial charge in [0.05, 0.1) is 6.61 Å². The van der Waals surface area contributed by atoms with Crippen LogP contribution in [-0.4, -0.2) is 22.8 Å². The first-order valence-electron chi connectivity index (χ1n) is 5.78. The third-order valence-electron chi connectivity index (χ3n) is 2.39. The van der Waals surface area contributed by atoms with E-state index in [1.807, 2.05) is 31.2 Å². The summed E-state index contributed by atoms with van der Waals surface area (Å²) in [5.41, 5.74) is 6.32. The summed E-state index contributed by atoms with van der Waals surface area (Å²) in [5.74, 6) is 0.304. The Hall–Kier alpha value is -2.57. The number of aromatic nitrogens is 2. The second-order valence-corrected chi connectivity index (χ2v) is 3.76. The van der Waals surface area contributed by atoms with Gasteiger partial charge in [0.2, 0.25) is 11.5 Å². The summed E-state index contributed by atoms with van der Waals surface area (Å²) >= 11 is 0. The minimum absolute atomic E-state index is 0.0130. The summed E-state index contributed by atoms with van der Waals surface area (Å²) in [4.78, 5) is 11.7. The number of amides is 1. The molecule has 1 aromatic carbocycles. The van der Waals surface area contributed by atoms with E-state index in [1.54, 1.807) is 0 Å². The van der Waals surface area contributed by atoms with Gasteiger partial charge in [0.15, 0.2) is 0 Å². The molecule has 0 atom stereocenters. The molecule has 7 heteroatoms. The molecular formula is C12H14N4O3. The van der Waals surface area contributed by atoms with Crippen LogP contribution in [0.1, 0.15) is 23.0 Å². The number of hydrogen-bond donors (Lipinski definition) is 2. The number of ether oxygens (including phenoxy) is 1. The summed E-state index contributed by atoms with van der Waals surface area (Å²) in [5, 5.41) is 9.44. The SMILES string of the molecule is CCOc1cccc(CNC(=O)c2nonc2N)c1. The summed E-state index contributed by atoms with van der Waals surface area (Å²) in [6.07, 6.45) is 0. The minimum atomic E-state index is -0.430. The van der Waals surface area contributed by atoms with Crippen molar-refractivity contribution in [1.29, 1.82) is 0 Å². The van der Waals surface area contributed by atoms with Gasteiger partial charge >= 0.3 is 0 Å². The van der Waals surface area contributed by atoms with E-state index in [-0.39, 0.29) is 11.5 Å². The van der Waals surface area contributed by atoms with Crippen molar-refractivity contribution in [1.82, 2.24) is 15.6 Å². The first-order chi connectivity index (χ1) is 9.20. The largest absolute Gasteiger partial charge is 0.494 e. The van der Waals surface area contributed by atoms with Crippen molar-refractivity contribution in [2.75, 3.05) is 12.3 Å². The Bertz CT molecular complexity index is 568. The van der Waals surface area contributed by atoms with Gasteiger partial charge in [-0.1, -0.05) is 12.1 Å². The van der Waals surface area contributed by atoms with E-state index in [2.05, 4.69) is 20.3 Å². The molecule has 0 aliphatic heterocycles. The van der Waals surface area contributed by atoms with Gasteiger partial charge in [0, 0.05) is 6.54 Å². The molecule has 0 bridgehead atoms. The van der Waals surface area contributed by atoms with E-state index in [0.717, 1.165) is 11.3 Å². The maximum absolute atomic E-state index is 11.7. The third-order valence-corrected chi connectivity index (χ3v) is 2.39. The molecule has 1 amide bonds. The molecule has 0 saturated heterocycles. The topological polar surface area (TPSA) is 103 Å². The highest BCUT2D eigenvalue weighted by molar-refractivity contribution is 5.95. The monoisotopic (exact) mass is 262 g/mol. The zero-order valence-corrected chi connectivity index (χ0v) is 10.4. The normalized spacial score (nSPS) is 10.2. The lowest BCUT2D eigenvalue weighted by Gasteiger charge is -2.06. The average Bonchev–Trinajstić information content (AvgIpc) is 2.83. The van der Waals surface area contributed by atoms with Gasteiger partial charge in [-0.05, 0) is 34.9 Å². The molecule has 100 valence electrons. The van der Waals surface area contributed by atoms with Gasteiger partial charge in [-0.25, -0.2) is 4.63 Å². The smallest absolute Gasteiger partial charge is 0.277 e. The number of hydrogen-bond acceptors (Lipinski definition) is 6. The van der Waals surface area contributed by atoms with Crippen LogP contribution in [0.5, 0.6) is 5.75 Å². The Morgan fingerprint density at radius 2 is 2.32 bits per heavy atom. The van der Waals surface area contributed by atoms with E-state index in [1.165, 1.54) is 0 Å². The first kappa shape index (κ1) is 12.9. The Labute approximate surface area is 109 Å². The van der Waals surface area contributed by atoms with E-state index >= 15 is 0 Å². The molecule has 3 N–H and O–H groups in total. The minimum Gasteiger partial charge on any atom is -0.494 e. The van der Waals surface area contributed by atoms with Crippen molar-refractivity contribution in [2.24, 2.45) is 0 Å². The number of rotatable bonds is 5. The van der Waals surface area contributed by atoms with Gasteiger partial charge in [0.25, 0.3) is 5.91 Å². The van der Waals surface area contributed by atoms with Crippen molar-refractivity contribution in [3.05, 3.63) is 35.5 Å². The van der Waals surface area contributed by atoms with E-state index in [0.29, 0.717) is 13.2 Å². The molecule has 0 aliphatic rings. The fourth-order valence-corrected chi connectivity index (χ4v) is 1.53. The molecule has 2 rings (SSSR count). The summed E-state index contributed by atoms with van der Waals surface area (Å²) in [6.45, 7) is 2.85. The van der Waals surface area contributed by atoms with Gasteiger partial charge in [0.1, 0.15) is 5.75 Å². The number of benzene rings is 1. The average molecular weight is 262 g/mol. The zero-order chi connectivity index (χ0) is 13.7. The molecule has 7 nitrogen and oxygen atoms in total. The van der Waals surface area contributed by atoms with Crippen LogP contribution in [0.4, 0.5) is 5.82 Å². The molecule has 1 aromatic heterocycles. The number of anilines is 1. The number of carbonyl (C=O) groups is 1. The maximum Gasteiger partial charge on any atom is 0.277 e.